The van der Waals surface area contributed by atoms with Crippen molar-refractivity contribution in [1.82, 2.24) is 40.1 Å². The van der Waals surface area contributed by atoms with Crippen LogP contribution < -0.4 is 5.32 Å². The highest BCUT2D eigenvalue weighted by Gasteiger charge is 2.13. The summed E-state index contributed by atoms with van der Waals surface area (Å²) in [5.74, 6) is 0.550. The lowest BCUT2D eigenvalue weighted by Gasteiger charge is -2.10. The number of hydrogen-bond donors (Lipinski definition) is 1. The topological polar surface area (TPSA) is 103 Å². The Morgan fingerprint density at radius 1 is 0.933 bits per heavy atom. The van der Waals surface area contributed by atoms with Crippen LogP contribution in [0.4, 0.5) is 0 Å². The summed E-state index contributed by atoms with van der Waals surface area (Å²) < 4.78 is 3.39. The molecule has 3 heterocycles. The van der Waals surface area contributed by atoms with Gasteiger partial charge in [0, 0.05) is 12.7 Å². The van der Waals surface area contributed by atoms with Gasteiger partial charge in [0.25, 0.3) is 5.91 Å². The number of carbonyl (C=O) groups is 1. The van der Waals surface area contributed by atoms with Gasteiger partial charge in [-0.05, 0) is 46.3 Å². The molecule has 146 valence electrons. The summed E-state index contributed by atoms with van der Waals surface area (Å²) in [7, 11) is 0. The molecule has 0 aliphatic heterocycles. The Bertz CT molecular complexity index is 1310. The summed E-state index contributed by atoms with van der Waals surface area (Å²) in [5.41, 5.74) is 3.89. The first kappa shape index (κ1) is 17.7. The standard InChI is InChI=1S/C21H16N8O/c30-21(16-5-1-3-7-18(16)29-14-25-26-27-29)23-12-15-9-10-20(22-11-15)28-13-24-17-6-2-4-8-19(17)28/h1-11,13-14H,12H2,(H,23,30). The molecular formula is C21H16N8O. The number of benzene rings is 2. The smallest absolute Gasteiger partial charge is 0.253 e. The Balaban J connectivity index is 1.31. The monoisotopic (exact) mass is 396 g/mol. The van der Waals surface area contributed by atoms with E-state index in [1.54, 1.807) is 30.7 Å². The van der Waals surface area contributed by atoms with Gasteiger partial charge in [0.2, 0.25) is 0 Å². The lowest BCUT2D eigenvalue weighted by molar-refractivity contribution is 0.0950. The van der Waals surface area contributed by atoms with E-state index in [4.69, 9.17) is 0 Å². The van der Waals surface area contributed by atoms with E-state index < -0.39 is 0 Å². The van der Waals surface area contributed by atoms with Crippen LogP contribution in [0.1, 0.15) is 15.9 Å². The molecule has 0 atom stereocenters. The van der Waals surface area contributed by atoms with Crippen molar-refractivity contribution >= 4 is 16.9 Å². The van der Waals surface area contributed by atoms with E-state index >= 15 is 0 Å². The first-order chi connectivity index (χ1) is 14.8. The van der Waals surface area contributed by atoms with Crippen molar-refractivity contribution in [1.29, 1.82) is 0 Å². The van der Waals surface area contributed by atoms with Crippen LogP contribution in [0.5, 0.6) is 0 Å². The van der Waals surface area contributed by atoms with Gasteiger partial charge >= 0.3 is 0 Å². The average molecular weight is 396 g/mol. The van der Waals surface area contributed by atoms with Crippen LogP contribution in [0.3, 0.4) is 0 Å². The van der Waals surface area contributed by atoms with Crippen LogP contribution in [0.25, 0.3) is 22.5 Å². The third kappa shape index (κ3) is 3.28. The van der Waals surface area contributed by atoms with E-state index in [9.17, 15) is 4.79 Å². The van der Waals surface area contributed by atoms with Gasteiger partial charge < -0.3 is 5.32 Å². The highest BCUT2D eigenvalue weighted by molar-refractivity contribution is 5.97. The molecule has 3 aromatic heterocycles. The number of imidazole rings is 1. The Hall–Kier alpha value is -4.40. The lowest BCUT2D eigenvalue weighted by Crippen LogP contribution is -2.24. The second kappa shape index (κ2) is 7.55. The van der Waals surface area contributed by atoms with Gasteiger partial charge in [0.15, 0.2) is 0 Å². The van der Waals surface area contributed by atoms with Crippen molar-refractivity contribution in [2.75, 3.05) is 0 Å². The van der Waals surface area contributed by atoms with E-state index in [1.165, 1.54) is 11.0 Å². The number of nitrogens with one attached hydrogen (secondary N) is 1. The van der Waals surface area contributed by atoms with E-state index in [0.29, 0.717) is 17.8 Å². The number of para-hydroxylation sites is 3. The Morgan fingerprint density at radius 3 is 2.63 bits per heavy atom. The second-order valence-electron chi connectivity index (χ2n) is 6.58. The number of carbonyl (C=O) groups excluding carboxylic acids is 1. The first-order valence-corrected chi connectivity index (χ1v) is 9.27. The predicted molar refractivity (Wildman–Crippen MR) is 109 cm³/mol. The van der Waals surface area contributed by atoms with Crippen LogP contribution in [-0.2, 0) is 6.54 Å². The Morgan fingerprint density at radius 2 is 1.80 bits per heavy atom. The summed E-state index contributed by atoms with van der Waals surface area (Å²) in [6, 6.07) is 18.9. The molecule has 0 fully saturated rings. The van der Waals surface area contributed by atoms with Gasteiger partial charge in [-0.25, -0.2) is 9.97 Å². The molecule has 9 heteroatoms. The number of rotatable bonds is 5. The first-order valence-electron chi connectivity index (χ1n) is 9.27. The summed E-state index contributed by atoms with van der Waals surface area (Å²) in [6.07, 6.45) is 4.95. The van der Waals surface area contributed by atoms with Crippen molar-refractivity contribution in [3.8, 4) is 11.5 Å². The van der Waals surface area contributed by atoms with Gasteiger partial charge in [-0.2, -0.15) is 4.68 Å². The normalized spacial score (nSPS) is 10.9. The Labute approximate surface area is 171 Å². The molecule has 0 radical (unpaired) electrons. The highest BCUT2D eigenvalue weighted by atomic mass is 16.1. The van der Waals surface area contributed by atoms with E-state index in [1.807, 2.05) is 47.0 Å². The fourth-order valence-electron chi connectivity index (χ4n) is 3.22. The molecular weight excluding hydrogens is 380 g/mol. The molecule has 0 aliphatic rings. The quantitative estimate of drug-likeness (QED) is 0.489. The van der Waals surface area contributed by atoms with E-state index in [2.05, 4.69) is 30.8 Å². The van der Waals surface area contributed by atoms with Crippen LogP contribution in [0.2, 0.25) is 0 Å². The van der Waals surface area contributed by atoms with Crippen LogP contribution in [0.15, 0.2) is 79.5 Å². The van der Waals surface area contributed by atoms with E-state index in [-0.39, 0.29) is 5.91 Å². The summed E-state index contributed by atoms with van der Waals surface area (Å²) in [6.45, 7) is 0.348. The number of fused-ring (bicyclic) bond motifs is 1. The summed E-state index contributed by atoms with van der Waals surface area (Å²) in [4.78, 5) is 21.6. The van der Waals surface area contributed by atoms with Crippen molar-refractivity contribution in [2.45, 2.75) is 6.54 Å². The average Bonchev–Trinajstić information content (AvgIpc) is 3.48. The van der Waals surface area contributed by atoms with Gasteiger partial charge in [-0.15, -0.1) is 5.10 Å². The van der Waals surface area contributed by atoms with Crippen LogP contribution in [-0.4, -0.2) is 40.6 Å². The van der Waals surface area contributed by atoms with Crippen LogP contribution >= 0.6 is 0 Å². The molecule has 0 spiro atoms. The number of nitrogens with zero attached hydrogens (tertiary/aromatic N) is 7. The molecule has 0 saturated carbocycles. The molecule has 1 N–H and O–H groups in total. The third-order valence-corrected chi connectivity index (χ3v) is 4.71. The summed E-state index contributed by atoms with van der Waals surface area (Å²) in [5, 5.41) is 14.0. The number of aromatic nitrogens is 7. The highest BCUT2D eigenvalue weighted by Crippen LogP contribution is 2.17. The second-order valence-corrected chi connectivity index (χ2v) is 6.58. The molecule has 30 heavy (non-hydrogen) atoms. The zero-order valence-electron chi connectivity index (χ0n) is 15.8. The van der Waals surface area contributed by atoms with Crippen molar-refractivity contribution in [2.24, 2.45) is 0 Å². The minimum atomic E-state index is -0.217. The molecule has 0 unspecified atom stereocenters. The summed E-state index contributed by atoms with van der Waals surface area (Å²) >= 11 is 0. The van der Waals surface area contributed by atoms with Crippen molar-refractivity contribution in [3.05, 3.63) is 90.6 Å². The lowest BCUT2D eigenvalue weighted by atomic mass is 10.1. The van der Waals surface area contributed by atoms with Gasteiger partial charge in [-0.1, -0.05) is 30.3 Å². The molecule has 9 nitrogen and oxygen atoms in total. The molecule has 0 saturated heterocycles. The largest absolute Gasteiger partial charge is 0.348 e. The molecule has 0 aliphatic carbocycles. The fraction of sp³-hybridized carbons (Fsp3) is 0.0476. The zero-order chi connectivity index (χ0) is 20.3. The predicted octanol–water partition coefficient (Wildman–Crippen LogP) is 2.33. The van der Waals surface area contributed by atoms with Crippen molar-refractivity contribution < 1.29 is 4.79 Å². The zero-order valence-corrected chi connectivity index (χ0v) is 15.8. The minimum absolute atomic E-state index is 0.217. The van der Waals surface area contributed by atoms with Gasteiger partial charge in [-0.3, -0.25) is 9.36 Å². The van der Waals surface area contributed by atoms with Gasteiger partial charge in [0.1, 0.15) is 18.5 Å². The maximum Gasteiger partial charge on any atom is 0.253 e. The number of tetrazole rings is 1. The molecule has 5 rings (SSSR count). The third-order valence-electron chi connectivity index (χ3n) is 4.71. The van der Waals surface area contributed by atoms with E-state index in [0.717, 1.165) is 22.4 Å². The molecule has 1 amide bonds. The fourth-order valence-corrected chi connectivity index (χ4v) is 3.22. The number of amides is 1. The van der Waals surface area contributed by atoms with Gasteiger partial charge in [0.05, 0.1) is 22.3 Å². The minimum Gasteiger partial charge on any atom is -0.348 e. The SMILES string of the molecule is O=C(NCc1ccc(-n2cnc3ccccc32)nc1)c1ccccc1-n1cnnn1. The van der Waals surface area contributed by atoms with Crippen molar-refractivity contribution in [3.63, 3.8) is 0 Å². The molecule has 0 bridgehead atoms. The maximum absolute atomic E-state index is 12.7. The Kier molecular flexibility index (Phi) is 4.45. The maximum atomic E-state index is 12.7. The number of pyridine rings is 1. The molecule has 2 aromatic carbocycles. The van der Waals surface area contributed by atoms with Crippen LogP contribution in [0, 0.1) is 0 Å². The number of hydrogen-bond acceptors (Lipinski definition) is 6. The molecule has 5 aromatic rings.